The molecule has 4 heterocycles. The van der Waals surface area contributed by atoms with Crippen molar-refractivity contribution >= 4 is 10.9 Å². The highest BCUT2D eigenvalue weighted by Gasteiger charge is 2.23. The summed E-state index contributed by atoms with van der Waals surface area (Å²) < 4.78 is 14.4. The van der Waals surface area contributed by atoms with Crippen LogP contribution in [0.4, 0.5) is 0 Å². The molecule has 6 heteroatoms. The first-order valence-corrected chi connectivity index (χ1v) is 10.2. The molecule has 2 saturated heterocycles. The van der Waals surface area contributed by atoms with E-state index in [1.807, 2.05) is 12.3 Å². The van der Waals surface area contributed by atoms with Crippen molar-refractivity contribution in [1.82, 2.24) is 19.4 Å². The van der Waals surface area contributed by atoms with E-state index in [1.54, 1.807) is 6.33 Å². The van der Waals surface area contributed by atoms with Gasteiger partial charge >= 0.3 is 0 Å². The van der Waals surface area contributed by atoms with E-state index in [0.717, 1.165) is 63.6 Å². The Bertz CT molecular complexity index is 913. The maximum atomic E-state index is 6.45. The lowest BCUT2D eigenvalue weighted by molar-refractivity contribution is 0.0972. The Morgan fingerprint density at radius 2 is 2.04 bits per heavy atom. The van der Waals surface area contributed by atoms with Crippen LogP contribution in [-0.4, -0.2) is 51.8 Å². The zero-order valence-corrected chi connectivity index (χ0v) is 16.0. The Morgan fingerprint density at radius 3 is 2.82 bits per heavy atom. The van der Waals surface area contributed by atoms with Crippen LogP contribution in [0.2, 0.25) is 0 Å². The van der Waals surface area contributed by atoms with Crippen LogP contribution in [0, 0.1) is 0 Å². The minimum Gasteiger partial charge on any atom is -0.490 e. The number of piperidine rings is 1. The van der Waals surface area contributed by atoms with E-state index in [-0.39, 0.29) is 6.10 Å². The molecule has 28 heavy (non-hydrogen) atoms. The third-order valence-electron chi connectivity index (χ3n) is 5.88. The van der Waals surface area contributed by atoms with Gasteiger partial charge in [-0.1, -0.05) is 6.07 Å². The van der Waals surface area contributed by atoms with Crippen LogP contribution >= 0.6 is 0 Å². The molecule has 3 aromatic rings. The summed E-state index contributed by atoms with van der Waals surface area (Å²) in [4.78, 5) is 10.8. The third-order valence-corrected chi connectivity index (χ3v) is 5.88. The first-order chi connectivity index (χ1) is 13.9. The quantitative estimate of drug-likeness (QED) is 0.681. The molecule has 1 atom stereocenters. The van der Waals surface area contributed by atoms with E-state index >= 15 is 0 Å². The number of aromatic nitrogens is 3. The highest BCUT2D eigenvalue weighted by atomic mass is 16.5. The molecule has 0 bridgehead atoms. The minimum atomic E-state index is 0.269. The standard InChI is InChI=1S/C22H26N4O2/c1-2-21-20(7-12-26(21)18-8-13-27-15-18)22(3-1)28-19-5-10-25(11-6-19)14-17-4-9-23-16-24-17/h1-4,7,9,12,16,18-19H,5-6,8,10-11,13-15H2. The van der Waals surface area contributed by atoms with Gasteiger partial charge in [0, 0.05) is 44.0 Å². The van der Waals surface area contributed by atoms with Crippen molar-refractivity contribution < 1.29 is 9.47 Å². The number of benzene rings is 1. The molecule has 6 nitrogen and oxygen atoms in total. The van der Waals surface area contributed by atoms with Crippen LogP contribution in [0.3, 0.4) is 0 Å². The second-order valence-corrected chi connectivity index (χ2v) is 7.72. The zero-order chi connectivity index (χ0) is 18.8. The molecule has 146 valence electrons. The van der Waals surface area contributed by atoms with Crippen molar-refractivity contribution in [2.45, 2.75) is 38.0 Å². The van der Waals surface area contributed by atoms with Crippen LogP contribution in [0.5, 0.6) is 5.75 Å². The number of hydrogen-bond acceptors (Lipinski definition) is 5. The lowest BCUT2D eigenvalue weighted by Crippen LogP contribution is -2.38. The smallest absolute Gasteiger partial charge is 0.129 e. The zero-order valence-electron chi connectivity index (χ0n) is 16.0. The fraction of sp³-hybridized carbons (Fsp3) is 0.455. The van der Waals surface area contributed by atoms with E-state index < -0.39 is 0 Å². The van der Waals surface area contributed by atoms with E-state index in [9.17, 15) is 0 Å². The molecule has 0 saturated carbocycles. The number of ether oxygens (including phenoxy) is 2. The molecule has 0 spiro atoms. The summed E-state index contributed by atoms with van der Waals surface area (Å²) in [6.07, 6.45) is 9.04. The second-order valence-electron chi connectivity index (χ2n) is 7.72. The first kappa shape index (κ1) is 17.6. The fourth-order valence-corrected chi connectivity index (χ4v) is 4.33. The Labute approximate surface area is 165 Å². The Morgan fingerprint density at radius 1 is 1.11 bits per heavy atom. The van der Waals surface area contributed by atoms with Crippen LogP contribution in [0.1, 0.15) is 31.0 Å². The highest BCUT2D eigenvalue weighted by molar-refractivity contribution is 5.86. The van der Waals surface area contributed by atoms with Gasteiger partial charge in [-0.05, 0) is 43.5 Å². The predicted octanol–water partition coefficient (Wildman–Crippen LogP) is 3.44. The molecule has 2 aromatic heterocycles. The molecule has 1 aromatic carbocycles. The number of fused-ring (bicyclic) bond motifs is 1. The van der Waals surface area contributed by atoms with Gasteiger partial charge in [0.1, 0.15) is 18.2 Å². The predicted molar refractivity (Wildman–Crippen MR) is 107 cm³/mol. The van der Waals surface area contributed by atoms with Gasteiger partial charge in [-0.25, -0.2) is 9.97 Å². The Balaban J connectivity index is 1.24. The van der Waals surface area contributed by atoms with Crippen molar-refractivity contribution in [2.75, 3.05) is 26.3 Å². The summed E-state index contributed by atoms with van der Waals surface area (Å²) in [6.45, 7) is 4.61. The SMILES string of the molecule is c1cc(OC2CCN(Cc3ccncn3)CC2)c2ccn(C3CCOC3)c2c1. The molecule has 0 aliphatic carbocycles. The van der Waals surface area contributed by atoms with Crippen molar-refractivity contribution in [1.29, 1.82) is 0 Å². The topological polar surface area (TPSA) is 52.4 Å². The average Bonchev–Trinajstić information content (AvgIpc) is 3.40. The fourth-order valence-electron chi connectivity index (χ4n) is 4.33. The number of rotatable bonds is 5. The number of likely N-dealkylation sites (tertiary alicyclic amines) is 1. The van der Waals surface area contributed by atoms with Gasteiger partial charge in [-0.3, -0.25) is 4.90 Å². The van der Waals surface area contributed by atoms with Gasteiger partial charge in [0.2, 0.25) is 0 Å². The summed E-state index contributed by atoms with van der Waals surface area (Å²) >= 11 is 0. The normalized spacial score (nSPS) is 21.4. The second kappa shape index (κ2) is 7.89. The summed E-state index contributed by atoms with van der Waals surface area (Å²) in [5.74, 6) is 1.00. The summed E-state index contributed by atoms with van der Waals surface area (Å²) in [6, 6.07) is 11.0. The Hall–Kier alpha value is -2.44. The van der Waals surface area contributed by atoms with Gasteiger partial charge in [-0.2, -0.15) is 0 Å². The average molecular weight is 378 g/mol. The van der Waals surface area contributed by atoms with Gasteiger partial charge < -0.3 is 14.0 Å². The highest BCUT2D eigenvalue weighted by Crippen LogP contribution is 2.32. The Kier molecular flexibility index (Phi) is 4.97. The summed E-state index contributed by atoms with van der Waals surface area (Å²) in [5.41, 5.74) is 2.32. The first-order valence-electron chi connectivity index (χ1n) is 10.2. The summed E-state index contributed by atoms with van der Waals surface area (Å²) in [7, 11) is 0. The molecule has 0 amide bonds. The van der Waals surface area contributed by atoms with Crippen molar-refractivity contribution in [3.05, 3.63) is 54.7 Å². The molecule has 5 rings (SSSR count). The molecular weight excluding hydrogens is 352 g/mol. The minimum absolute atomic E-state index is 0.269. The monoisotopic (exact) mass is 378 g/mol. The number of hydrogen-bond donors (Lipinski definition) is 0. The largest absolute Gasteiger partial charge is 0.490 e. The van der Waals surface area contributed by atoms with E-state index in [2.05, 4.69) is 49.9 Å². The molecule has 0 N–H and O–H groups in total. The lowest BCUT2D eigenvalue weighted by Gasteiger charge is -2.32. The van der Waals surface area contributed by atoms with E-state index in [0.29, 0.717) is 6.04 Å². The third kappa shape index (κ3) is 3.62. The van der Waals surface area contributed by atoms with Gasteiger partial charge in [-0.15, -0.1) is 0 Å². The van der Waals surface area contributed by atoms with Crippen molar-refractivity contribution in [3.8, 4) is 5.75 Å². The van der Waals surface area contributed by atoms with Gasteiger partial charge in [0.05, 0.1) is 23.9 Å². The maximum Gasteiger partial charge on any atom is 0.129 e. The summed E-state index contributed by atoms with van der Waals surface area (Å²) in [5, 5.41) is 1.21. The molecule has 2 fully saturated rings. The molecule has 2 aliphatic rings. The number of nitrogens with zero attached hydrogens (tertiary/aromatic N) is 4. The van der Waals surface area contributed by atoms with E-state index in [4.69, 9.17) is 9.47 Å². The van der Waals surface area contributed by atoms with Crippen LogP contribution in [0.15, 0.2) is 49.1 Å². The molecular formula is C22H26N4O2. The molecule has 1 unspecified atom stereocenters. The van der Waals surface area contributed by atoms with Crippen molar-refractivity contribution in [2.24, 2.45) is 0 Å². The van der Waals surface area contributed by atoms with Gasteiger partial charge in [0.15, 0.2) is 0 Å². The van der Waals surface area contributed by atoms with Crippen LogP contribution in [-0.2, 0) is 11.3 Å². The molecule has 2 aliphatic heterocycles. The van der Waals surface area contributed by atoms with Crippen LogP contribution in [0.25, 0.3) is 10.9 Å². The maximum absolute atomic E-state index is 6.45. The van der Waals surface area contributed by atoms with Gasteiger partial charge in [0.25, 0.3) is 0 Å². The van der Waals surface area contributed by atoms with Crippen LogP contribution < -0.4 is 4.74 Å². The lowest BCUT2D eigenvalue weighted by atomic mass is 10.1. The van der Waals surface area contributed by atoms with E-state index in [1.165, 1.54) is 10.9 Å². The molecule has 0 radical (unpaired) electrons. The van der Waals surface area contributed by atoms with Crippen molar-refractivity contribution in [3.63, 3.8) is 0 Å².